The second kappa shape index (κ2) is 5.17. The number of hydrogen-bond donors (Lipinski definition) is 0. The number of halogens is 1. The fourth-order valence-corrected chi connectivity index (χ4v) is 2.65. The van der Waals surface area contributed by atoms with Gasteiger partial charge < -0.3 is 0 Å². The molecule has 1 heterocycles. The molecule has 1 aromatic carbocycles. The minimum atomic E-state index is -0.119. The van der Waals surface area contributed by atoms with Crippen LogP contribution in [0.25, 0.3) is 11.3 Å². The Morgan fingerprint density at radius 3 is 1.95 bits per heavy atom. The Kier molecular flexibility index (Phi) is 3.88. The van der Waals surface area contributed by atoms with Crippen molar-refractivity contribution in [2.75, 3.05) is 0 Å². The molecular formula is C17H21ClN2. The molecule has 0 bridgehead atoms. The average Bonchev–Trinajstić information content (AvgIpc) is 2.25. The minimum Gasteiger partial charge on any atom is -0.232 e. The van der Waals surface area contributed by atoms with Gasteiger partial charge in [0, 0.05) is 17.0 Å². The molecule has 0 unspecified atom stereocenters. The van der Waals surface area contributed by atoms with Gasteiger partial charge in [0.1, 0.15) is 11.0 Å². The molecule has 0 saturated heterocycles. The summed E-state index contributed by atoms with van der Waals surface area (Å²) in [6, 6.07) is 6.20. The van der Waals surface area contributed by atoms with E-state index in [1.807, 2.05) is 6.07 Å². The topological polar surface area (TPSA) is 25.8 Å². The highest BCUT2D eigenvalue weighted by Gasteiger charge is 2.20. The van der Waals surface area contributed by atoms with Crippen LogP contribution >= 0.6 is 11.6 Å². The maximum absolute atomic E-state index is 6.19. The van der Waals surface area contributed by atoms with E-state index in [4.69, 9.17) is 16.6 Å². The molecular weight excluding hydrogens is 268 g/mol. The lowest BCUT2D eigenvalue weighted by atomic mass is 9.94. The standard InChI is InChI=1S/C17H21ClN2/c1-10-7-11(2)15(12(3)8-10)13-9-14(18)20-16(19-13)17(4,5)6/h7-9H,1-6H3. The van der Waals surface area contributed by atoms with Gasteiger partial charge in [0.2, 0.25) is 0 Å². The highest BCUT2D eigenvalue weighted by molar-refractivity contribution is 6.29. The van der Waals surface area contributed by atoms with Gasteiger partial charge in [-0.25, -0.2) is 9.97 Å². The Bertz CT molecular complexity index is 632. The molecule has 3 heteroatoms. The van der Waals surface area contributed by atoms with Gasteiger partial charge in [0.25, 0.3) is 0 Å². The Morgan fingerprint density at radius 2 is 1.45 bits per heavy atom. The van der Waals surface area contributed by atoms with Crippen molar-refractivity contribution in [3.05, 3.63) is 45.9 Å². The van der Waals surface area contributed by atoms with Gasteiger partial charge in [-0.2, -0.15) is 0 Å². The number of benzene rings is 1. The number of hydrogen-bond acceptors (Lipinski definition) is 2. The van der Waals surface area contributed by atoms with Crippen LogP contribution in [0.5, 0.6) is 0 Å². The summed E-state index contributed by atoms with van der Waals surface area (Å²) in [5, 5.41) is 0.499. The highest BCUT2D eigenvalue weighted by Crippen LogP contribution is 2.30. The molecule has 2 rings (SSSR count). The highest BCUT2D eigenvalue weighted by atomic mass is 35.5. The lowest BCUT2D eigenvalue weighted by Gasteiger charge is -2.19. The smallest absolute Gasteiger partial charge is 0.136 e. The van der Waals surface area contributed by atoms with Crippen LogP contribution in [0.3, 0.4) is 0 Å². The molecule has 0 radical (unpaired) electrons. The van der Waals surface area contributed by atoms with Crippen LogP contribution in [0.2, 0.25) is 5.15 Å². The molecule has 106 valence electrons. The van der Waals surface area contributed by atoms with Crippen LogP contribution < -0.4 is 0 Å². The molecule has 2 aromatic rings. The quantitative estimate of drug-likeness (QED) is 0.689. The first kappa shape index (κ1) is 15.0. The van der Waals surface area contributed by atoms with Gasteiger partial charge in [-0.15, -0.1) is 0 Å². The van der Waals surface area contributed by atoms with E-state index in [-0.39, 0.29) is 5.41 Å². The zero-order valence-corrected chi connectivity index (χ0v) is 13.8. The number of aryl methyl sites for hydroxylation is 3. The summed E-state index contributed by atoms with van der Waals surface area (Å²) in [7, 11) is 0. The first-order valence-corrected chi connectivity index (χ1v) is 7.19. The molecule has 1 aromatic heterocycles. The van der Waals surface area contributed by atoms with Crippen LogP contribution in [0.4, 0.5) is 0 Å². The van der Waals surface area contributed by atoms with Crippen molar-refractivity contribution in [1.82, 2.24) is 9.97 Å². The lowest BCUT2D eigenvalue weighted by Crippen LogP contribution is -2.16. The number of aromatic nitrogens is 2. The molecule has 0 atom stereocenters. The summed E-state index contributed by atoms with van der Waals surface area (Å²) < 4.78 is 0. The van der Waals surface area contributed by atoms with Crippen molar-refractivity contribution in [2.45, 2.75) is 47.0 Å². The summed E-state index contributed by atoms with van der Waals surface area (Å²) >= 11 is 6.19. The summed E-state index contributed by atoms with van der Waals surface area (Å²) in [6.07, 6.45) is 0. The normalized spacial score (nSPS) is 11.8. The van der Waals surface area contributed by atoms with E-state index in [1.165, 1.54) is 16.7 Å². The summed E-state index contributed by atoms with van der Waals surface area (Å²) in [4.78, 5) is 9.09. The second-order valence-electron chi connectivity index (χ2n) is 6.42. The van der Waals surface area contributed by atoms with Gasteiger partial charge in [-0.3, -0.25) is 0 Å². The fourth-order valence-electron chi connectivity index (χ4n) is 2.47. The van der Waals surface area contributed by atoms with Gasteiger partial charge in [-0.05, 0) is 31.9 Å². The number of rotatable bonds is 1. The van der Waals surface area contributed by atoms with E-state index in [0.29, 0.717) is 5.15 Å². The summed E-state index contributed by atoms with van der Waals surface area (Å²) in [5.41, 5.74) is 5.65. The van der Waals surface area contributed by atoms with Crippen LogP contribution in [0.15, 0.2) is 18.2 Å². The number of nitrogens with zero attached hydrogens (tertiary/aromatic N) is 2. The zero-order chi connectivity index (χ0) is 15.1. The molecule has 20 heavy (non-hydrogen) atoms. The minimum absolute atomic E-state index is 0.119. The Balaban J connectivity index is 2.68. The van der Waals surface area contributed by atoms with E-state index in [1.54, 1.807) is 0 Å². The Morgan fingerprint density at radius 1 is 0.900 bits per heavy atom. The molecule has 0 spiro atoms. The van der Waals surface area contributed by atoms with E-state index < -0.39 is 0 Å². The second-order valence-corrected chi connectivity index (χ2v) is 6.81. The molecule has 0 aliphatic rings. The molecule has 0 amide bonds. The van der Waals surface area contributed by atoms with E-state index in [9.17, 15) is 0 Å². The molecule has 2 nitrogen and oxygen atoms in total. The van der Waals surface area contributed by atoms with E-state index in [2.05, 4.69) is 58.7 Å². The third-order valence-corrected chi connectivity index (χ3v) is 3.49. The predicted octanol–water partition coefficient (Wildman–Crippen LogP) is 5.02. The SMILES string of the molecule is Cc1cc(C)c(-c2cc(Cl)nc(C(C)(C)C)n2)c(C)c1. The van der Waals surface area contributed by atoms with Crippen molar-refractivity contribution >= 4 is 11.6 Å². The first-order valence-electron chi connectivity index (χ1n) is 6.82. The third-order valence-electron chi connectivity index (χ3n) is 3.30. The van der Waals surface area contributed by atoms with Crippen molar-refractivity contribution < 1.29 is 0 Å². The molecule has 0 aliphatic carbocycles. The lowest BCUT2D eigenvalue weighted by molar-refractivity contribution is 0.546. The molecule has 0 saturated carbocycles. The van der Waals surface area contributed by atoms with Gasteiger partial charge >= 0.3 is 0 Å². The fraction of sp³-hybridized carbons (Fsp3) is 0.412. The van der Waals surface area contributed by atoms with Gasteiger partial charge in [0.15, 0.2) is 0 Å². The summed E-state index contributed by atoms with van der Waals surface area (Å²) in [5.74, 6) is 0.777. The average molecular weight is 289 g/mol. The van der Waals surface area contributed by atoms with Gasteiger partial charge in [-0.1, -0.05) is 50.1 Å². The first-order chi connectivity index (χ1) is 9.18. The van der Waals surface area contributed by atoms with Gasteiger partial charge in [0.05, 0.1) is 5.69 Å². The van der Waals surface area contributed by atoms with Crippen molar-refractivity contribution in [3.8, 4) is 11.3 Å². The Labute approximate surface area is 126 Å². The van der Waals surface area contributed by atoms with E-state index in [0.717, 1.165) is 17.1 Å². The molecule has 0 N–H and O–H groups in total. The molecule has 0 aliphatic heterocycles. The molecule has 0 fully saturated rings. The third kappa shape index (κ3) is 3.01. The van der Waals surface area contributed by atoms with Crippen LogP contribution in [-0.2, 0) is 5.41 Å². The maximum Gasteiger partial charge on any atom is 0.136 e. The van der Waals surface area contributed by atoms with Crippen LogP contribution in [0, 0.1) is 20.8 Å². The monoisotopic (exact) mass is 288 g/mol. The van der Waals surface area contributed by atoms with Crippen molar-refractivity contribution in [1.29, 1.82) is 0 Å². The van der Waals surface area contributed by atoms with Crippen LogP contribution in [-0.4, -0.2) is 9.97 Å². The zero-order valence-electron chi connectivity index (χ0n) is 13.0. The van der Waals surface area contributed by atoms with Crippen LogP contribution in [0.1, 0.15) is 43.3 Å². The largest absolute Gasteiger partial charge is 0.232 e. The van der Waals surface area contributed by atoms with Crippen molar-refractivity contribution in [3.63, 3.8) is 0 Å². The summed E-state index contributed by atoms with van der Waals surface area (Å²) in [6.45, 7) is 12.6. The van der Waals surface area contributed by atoms with Crippen molar-refractivity contribution in [2.24, 2.45) is 0 Å². The van der Waals surface area contributed by atoms with E-state index >= 15 is 0 Å². The predicted molar refractivity (Wildman–Crippen MR) is 85.4 cm³/mol. The maximum atomic E-state index is 6.19. The Hall–Kier alpha value is -1.41.